The summed E-state index contributed by atoms with van der Waals surface area (Å²) in [5.74, 6) is -0.242. The molecular formula is C22H26ClFN4O. The number of rotatable bonds is 5. The van der Waals surface area contributed by atoms with Gasteiger partial charge in [-0.05, 0) is 43.7 Å². The van der Waals surface area contributed by atoms with E-state index in [-0.39, 0.29) is 24.2 Å². The van der Waals surface area contributed by atoms with Crippen molar-refractivity contribution in [2.24, 2.45) is 5.73 Å². The van der Waals surface area contributed by atoms with Crippen LogP contribution in [0.5, 0.6) is 0 Å². The van der Waals surface area contributed by atoms with Gasteiger partial charge in [-0.3, -0.25) is 9.78 Å². The fraction of sp³-hybridized carbons (Fsp3) is 0.364. The number of carbonyl (C=O) groups is 1. The fourth-order valence-corrected chi connectivity index (χ4v) is 3.83. The molecule has 3 rings (SSSR count). The monoisotopic (exact) mass is 416 g/mol. The second-order valence-electron chi connectivity index (χ2n) is 7.24. The van der Waals surface area contributed by atoms with Crippen LogP contribution in [0.25, 0.3) is 10.9 Å². The topological polar surface area (TPSA) is 62.5 Å². The van der Waals surface area contributed by atoms with E-state index < -0.39 is 0 Å². The Hall–Kier alpha value is -2.44. The Morgan fingerprint density at radius 1 is 1.38 bits per heavy atom. The van der Waals surface area contributed by atoms with Crippen LogP contribution in [0.3, 0.4) is 0 Å². The van der Waals surface area contributed by atoms with Crippen molar-refractivity contribution < 1.29 is 9.18 Å². The summed E-state index contributed by atoms with van der Waals surface area (Å²) in [6, 6.07) is 5.56. The smallest absolute Gasteiger partial charge is 0.226 e. The van der Waals surface area contributed by atoms with Gasteiger partial charge in [-0.2, -0.15) is 0 Å². The van der Waals surface area contributed by atoms with Gasteiger partial charge in [-0.1, -0.05) is 23.8 Å². The zero-order valence-corrected chi connectivity index (χ0v) is 17.5. The number of carbonyl (C=O) groups excluding carboxylic acids is 1. The van der Waals surface area contributed by atoms with Gasteiger partial charge in [-0.25, -0.2) is 4.39 Å². The first-order valence-corrected chi connectivity index (χ1v) is 10.1. The fourth-order valence-electron chi connectivity index (χ4n) is 3.56. The molecule has 1 aliphatic rings. The Labute approximate surface area is 175 Å². The number of piperazine rings is 1. The van der Waals surface area contributed by atoms with E-state index in [1.807, 2.05) is 30.0 Å². The first-order chi connectivity index (χ1) is 13.9. The minimum absolute atomic E-state index is 0.0392. The lowest BCUT2D eigenvalue weighted by Crippen LogP contribution is -2.49. The average molecular weight is 417 g/mol. The molecule has 2 aromatic rings. The Balaban J connectivity index is 1.77. The van der Waals surface area contributed by atoms with Gasteiger partial charge in [0.05, 0.1) is 22.1 Å². The number of halogens is 2. The van der Waals surface area contributed by atoms with E-state index in [0.717, 1.165) is 22.2 Å². The highest BCUT2D eigenvalue weighted by atomic mass is 35.5. The average Bonchev–Trinajstić information content (AvgIpc) is 2.71. The Morgan fingerprint density at radius 2 is 2.10 bits per heavy atom. The van der Waals surface area contributed by atoms with Gasteiger partial charge in [0.25, 0.3) is 0 Å². The van der Waals surface area contributed by atoms with E-state index in [1.165, 1.54) is 13.0 Å². The molecule has 1 aromatic carbocycles. The van der Waals surface area contributed by atoms with Gasteiger partial charge < -0.3 is 15.5 Å². The molecule has 5 nitrogen and oxygen atoms in total. The maximum atomic E-state index is 12.7. The van der Waals surface area contributed by atoms with E-state index >= 15 is 0 Å². The number of aromatic nitrogens is 1. The van der Waals surface area contributed by atoms with Crippen LogP contribution in [-0.4, -0.2) is 42.0 Å². The first-order valence-electron chi connectivity index (χ1n) is 9.73. The number of nitrogens with zero attached hydrogens (tertiary/aromatic N) is 3. The predicted octanol–water partition coefficient (Wildman–Crippen LogP) is 4.38. The molecule has 0 aliphatic carbocycles. The molecule has 0 bridgehead atoms. The third kappa shape index (κ3) is 4.95. The lowest BCUT2D eigenvalue weighted by molar-refractivity contribution is -0.130. The van der Waals surface area contributed by atoms with Gasteiger partial charge in [0.2, 0.25) is 5.91 Å². The quantitative estimate of drug-likeness (QED) is 0.735. The lowest BCUT2D eigenvalue weighted by atomic mass is 10.0. The van der Waals surface area contributed by atoms with Crippen molar-refractivity contribution in [3.05, 3.63) is 59.0 Å². The number of pyridine rings is 1. The number of anilines is 1. The highest BCUT2D eigenvalue weighted by molar-refractivity contribution is 6.36. The number of hydrogen-bond acceptors (Lipinski definition) is 4. The Morgan fingerprint density at radius 3 is 2.76 bits per heavy atom. The first kappa shape index (κ1) is 21.3. The van der Waals surface area contributed by atoms with Gasteiger partial charge in [-0.15, -0.1) is 0 Å². The van der Waals surface area contributed by atoms with Crippen LogP contribution in [0.2, 0.25) is 5.02 Å². The zero-order valence-electron chi connectivity index (χ0n) is 16.7. The maximum Gasteiger partial charge on any atom is 0.226 e. The highest BCUT2D eigenvalue weighted by Gasteiger charge is 2.25. The summed E-state index contributed by atoms with van der Waals surface area (Å²) in [6.07, 6.45) is 6.62. The van der Waals surface area contributed by atoms with Crippen LogP contribution < -0.4 is 10.6 Å². The van der Waals surface area contributed by atoms with Crippen molar-refractivity contribution in [2.45, 2.75) is 26.3 Å². The van der Waals surface area contributed by atoms with Crippen LogP contribution in [0.4, 0.5) is 10.1 Å². The summed E-state index contributed by atoms with van der Waals surface area (Å²) in [5, 5.41) is 1.54. The SMILES string of the molecule is CC(F)=CC=CCC(=O)N1CCN(c2c(C(C)N)cc(Cl)c3cccnc23)CC1. The molecule has 0 saturated carbocycles. The zero-order chi connectivity index (χ0) is 21.0. The Bertz CT molecular complexity index is 945. The molecule has 1 unspecified atom stereocenters. The van der Waals surface area contributed by atoms with E-state index in [1.54, 1.807) is 18.3 Å². The summed E-state index contributed by atoms with van der Waals surface area (Å²) >= 11 is 6.46. The normalized spacial score (nSPS) is 16.7. The van der Waals surface area contributed by atoms with Crippen molar-refractivity contribution in [1.82, 2.24) is 9.88 Å². The van der Waals surface area contributed by atoms with Crippen molar-refractivity contribution in [3.8, 4) is 0 Å². The van der Waals surface area contributed by atoms with Crippen LogP contribution in [0.15, 0.2) is 48.5 Å². The number of allylic oxidation sites excluding steroid dienone is 3. The lowest BCUT2D eigenvalue weighted by Gasteiger charge is -2.37. The van der Waals surface area contributed by atoms with Crippen molar-refractivity contribution in [3.63, 3.8) is 0 Å². The summed E-state index contributed by atoms with van der Waals surface area (Å²) in [7, 11) is 0. The largest absolute Gasteiger partial charge is 0.366 e. The van der Waals surface area contributed by atoms with Crippen LogP contribution in [0.1, 0.15) is 31.9 Å². The summed E-state index contributed by atoms with van der Waals surface area (Å²) in [4.78, 5) is 21.1. The highest BCUT2D eigenvalue weighted by Crippen LogP contribution is 2.37. The van der Waals surface area contributed by atoms with E-state index in [9.17, 15) is 9.18 Å². The number of hydrogen-bond donors (Lipinski definition) is 1. The third-order valence-corrected chi connectivity index (χ3v) is 5.35. The minimum Gasteiger partial charge on any atom is -0.366 e. The second-order valence-corrected chi connectivity index (χ2v) is 7.65. The number of amides is 1. The third-order valence-electron chi connectivity index (χ3n) is 5.04. The van der Waals surface area contributed by atoms with E-state index in [0.29, 0.717) is 31.2 Å². The number of fused-ring (bicyclic) bond motifs is 1. The number of benzene rings is 1. The second kappa shape index (κ2) is 9.37. The predicted molar refractivity (Wildman–Crippen MR) is 117 cm³/mol. The standard InChI is InChI=1S/C22H26ClFN4O/c1-15(24)6-3-4-8-20(29)27-10-12-28(13-11-27)22-18(16(2)25)14-19(23)17-7-5-9-26-21(17)22/h3-7,9,14,16H,8,10-13,25H2,1-2H3. The molecule has 1 saturated heterocycles. The van der Waals surface area contributed by atoms with Crippen molar-refractivity contribution in [1.29, 1.82) is 0 Å². The molecule has 0 spiro atoms. The van der Waals surface area contributed by atoms with Gasteiger partial charge >= 0.3 is 0 Å². The van der Waals surface area contributed by atoms with Crippen LogP contribution >= 0.6 is 11.6 Å². The molecule has 7 heteroatoms. The summed E-state index contributed by atoms with van der Waals surface area (Å²) in [5.41, 5.74) is 9.02. The maximum absolute atomic E-state index is 12.7. The molecular weight excluding hydrogens is 391 g/mol. The molecule has 1 amide bonds. The summed E-state index contributed by atoms with van der Waals surface area (Å²) in [6.45, 7) is 5.90. The molecule has 1 fully saturated rings. The number of nitrogens with two attached hydrogens (primary N) is 1. The molecule has 1 atom stereocenters. The van der Waals surface area contributed by atoms with Gasteiger partial charge in [0.1, 0.15) is 0 Å². The molecule has 0 radical (unpaired) electrons. The summed E-state index contributed by atoms with van der Waals surface area (Å²) < 4.78 is 12.7. The van der Waals surface area contributed by atoms with E-state index in [2.05, 4.69) is 9.88 Å². The molecule has 2 N–H and O–H groups in total. The molecule has 1 aromatic heterocycles. The molecule has 2 heterocycles. The van der Waals surface area contributed by atoms with E-state index in [4.69, 9.17) is 17.3 Å². The molecule has 154 valence electrons. The van der Waals surface area contributed by atoms with Crippen molar-refractivity contribution in [2.75, 3.05) is 31.1 Å². The Kier molecular flexibility index (Phi) is 6.87. The van der Waals surface area contributed by atoms with Crippen LogP contribution in [0, 0.1) is 0 Å². The van der Waals surface area contributed by atoms with Crippen molar-refractivity contribution >= 4 is 34.1 Å². The van der Waals surface area contributed by atoms with Gasteiger partial charge in [0.15, 0.2) is 0 Å². The minimum atomic E-state index is -0.281. The molecule has 29 heavy (non-hydrogen) atoms. The van der Waals surface area contributed by atoms with Crippen LogP contribution in [-0.2, 0) is 4.79 Å². The van der Waals surface area contributed by atoms with Gasteiger partial charge in [0, 0.05) is 50.2 Å². The molecule has 1 aliphatic heterocycles.